The largest absolute Gasteiger partial charge is 0.362 e. The van der Waals surface area contributed by atoms with Crippen molar-refractivity contribution in [1.29, 1.82) is 0 Å². The van der Waals surface area contributed by atoms with Gasteiger partial charge in [0.1, 0.15) is 0 Å². The lowest BCUT2D eigenvalue weighted by Gasteiger charge is -2.34. The Morgan fingerprint density at radius 3 is 2.27 bits per heavy atom. The molecule has 30 heavy (non-hydrogen) atoms. The fraction of sp³-hybridized carbons (Fsp3) is 0.524. The average Bonchev–Trinajstić information content (AvgIpc) is 2.76. The molecule has 0 aliphatic carbocycles. The highest BCUT2D eigenvalue weighted by molar-refractivity contribution is 5.87. The van der Waals surface area contributed by atoms with Crippen LogP contribution in [0.15, 0.2) is 24.3 Å². The first-order valence-electron chi connectivity index (χ1n) is 10.4. The molecule has 9 nitrogen and oxygen atoms in total. The van der Waals surface area contributed by atoms with E-state index in [0.29, 0.717) is 26.2 Å². The van der Waals surface area contributed by atoms with Crippen LogP contribution in [-0.2, 0) is 25.6 Å². The van der Waals surface area contributed by atoms with Crippen LogP contribution in [0, 0.1) is 0 Å². The second-order valence-corrected chi connectivity index (χ2v) is 7.64. The van der Waals surface area contributed by atoms with Crippen molar-refractivity contribution in [3.05, 3.63) is 29.8 Å². The van der Waals surface area contributed by atoms with E-state index in [4.69, 9.17) is 0 Å². The highest BCUT2D eigenvalue weighted by Gasteiger charge is 2.23. The maximum atomic E-state index is 12.2. The third-order valence-corrected chi connectivity index (χ3v) is 5.53. The van der Waals surface area contributed by atoms with Gasteiger partial charge in [0.15, 0.2) is 0 Å². The summed E-state index contributed by atoms with van der Waals surface area (Å²) in [6, 6.07) is 8.02. The van der Waals surface area contributed by atoms with Gasteiger partial charge in [-0.2, -0.15) is 0 Å². The van der Waals surface area contributed by atoms with E-state index in [2.05, 4.69) is 16.9 Å². The van der Waals surface area contributed by atoms with Gasteiger partial charge < -0.3 is 14.7 Å². The number of anilines is 1. The molecule has 9 heteroatoms. The molecule has 162 valence electrons. The Balaban J connectivity index is 1.35. The summed E-state index contributed by atoms with van der Waals surface area (Å²) in [4.78, 5) is 53.2. The highest BCUT2D eigenvalue weighted by atomic mass is 16.2. The molecule has 2 heterocycles. The molecule has 0 spiro atoms. The van der Waals surface area contributed by atoms with Crippen molar-refractivity contribution in [2.45, 2.75) is 32.6 Å². The number of fused-ring (bicyclic) bond motifs is 1. The Morgan fingerprint density at radius 2 is 1.53 bits per heavy atom. The van der Waals surface area contributed by atoms with Crippen LogP contribution in [0.5, 0.6) is 0 Å². The topological polar surface area (TPSA) is 102 Å². The van der Waals surface area contributed by atoms with Crippen molar-refractivity contribution < 1.29 is 19.2 Å². The molecule has 2 N–H and O–H groups in total. The van der Waals surface area contributed by atoms with Crippen LogP contribution < -0.4 is 15.8 Å². The zero-order valence-electron chi connectivity index (χ0n) is 17.4. The molecule has 1 fully saturated rings. The lowest BCUT2D eigenvalue weighted by atomic mass is 10.0. The van der Waals surface area contributed by atoms with E-state index in [9.17, 15) is 19.2 Å². The summed E-state index contributed by atoms with van der Waals surface area (Å²) in [5, 5.41) is 0. The summed E-state index contributed by atoms with van der Waals surface area (Å²) >= 11 is 0. The molecule has 2 aliphatic rings. The molecule has 0 bridgehead atoms. The van der Waals surface area contributed by atoms with Gasteiger partial charge in [-0.1, -0.05) is 18.2 Å². The molecule has 0 saturated carbocycles. The molecule has 0 unspecified atom stereocenters. The van der Waals surface area contributed by atoms with Gasteiger partial charge in [-0.15, -0.1) is 0 Å². The number of para-hydroxylation sites is 1. The molecule has 0 atom stereocenters. The smallest absolute Gasteiger partial charge is 0.257 e. The Kier molecular flexibility index (Phi) is 7.26. The van der Waals surface area contributed by atoms with Crippen molar-refractivity contribution in [2.24, 2.45) is 0 Å². The number of piperazine rings is 1. The number of hydrogen-bond acceptors (Lipinski definition) is 5. The summed E-state index contributed by atoms with van der Waals surface area (Å²) in [5.41, 5.74) is 7.10. The van der Waals surface area contributed by atoms with Crippen LogP contribution in [0.2, 0.25) is 0 Å². The van der Waals surface area contributed by atoms with Crippen molar-refractivity contribution >= 4 is 29.3 Å². The van der Waals surface area contributed by atoms with Gasteiger partial charge in [0, 0.05) is 58.2 Å². The normalized spacial score (nSPS) is 16.0. The first-order valence-corrected chi connectivity index (χ1v) is 10.4. The lowest BCUT2D eigenvalue weighted by molar-refractivity contribution is -0.139. The number of aryl methyl sites for hydroxylation is 1. The Bertz CT molecular complexity index is 804. The molecule has 3 rings (SSSR count). The monoisotopic (exact) mass is 415 g/mol. The number of carbonyl (C=O) groups is 4. The van der Waals surface area contributed by atoms with E-state index >= 15 is 0 Å². The highest BCUT2D eigenvalue weighted by Crippen LogP contribution is 2.26. The fourth-order valence-electron chi connectivity index (χ4n) is 3.84. The van der Waals surface area contributed by atoms with Gasteiger partial charge in [0.05, 0.1) is 6.54 Å². The van der Waals surface area contributed by atoms with Gasteiger partial charge in [0.2, 0.25) is 17.7 Å². The van der Waals surface area contributed by atoms with E-state index in [1.807, 2.05) is 23.1 Å². The third kappa shape index (κ3) is 5.71. The number of hydrogen-bond donors (Lipinski definition) is 2. The summed E-state index contributed by atoms with van der Waals surface area (Å²) < 4.78 is 0. The zero-order chi connectivity index (χ0) is 21.5. The van der Waals surface area contributed by atoms with Gasteiger partial charge in [0.25, 0.3) is 5.91 Å². The Labute approximate surface area is 176 Å². The standard InChI is InChI=1S/C21H29N5O4/c1-16(27)24-11-13-25(14-12-24)21(30)9-8-19(28)22-23-20(29)15-26-10-4-6-17-5-2-3-7-18(17)26/h2-3,5,7H,4,6,8-15H2,1H3,(H,22,28)(H,23,29). The Morgan fingerprint density at radius 1 is 0.867 bits per heavy atom. The summed E-state index contributed by atoms with van der Waals surface area (Å²) in [7, 11) is 0. The first-order chi connectivity index (χ1) is 14.4. The molecule has 1 aromatic carbocycles. The minimum Gasteiger partial charge on any atom is -0.362 e. The molecule has 0 radical (unpaired) electrons. The van der Waals surface area contributed by atoms with Crippen LogP contribution in [0.3, 0.4) is 0 Å². The van der Waals surface area contributed by atoms with Gasteiger partial charge >= 0.3 is 0 Å². The predicted molar refractivity (Wildman–Crippen MR) is 111 cm³/mol. The van der Waals surface area contributed by atoms with Gasteiger partial charge in [-0.3, -0.25) is 30.0 Å². The summed E-state index contributed by atoms with van der Waals surface area (Å²) in [6.45, 7) is 4.47. The molecule has 4 amide bonds. The van der Waals surface area contributed by atoms with Gasteiger partial charge in [-0.25, -0.2) is 0 Å². The second-order valence-electron chi connectivity index (χ2n) is 7.64. The second kappa shape index (κ2) is 10.1. The van der Waals surface area contributed by atoms with Crippen molar-refractivity contribution in [2.75, 3.05) is 44.2 Å². The molecule has 0 aromatic heterocycles. The van der Waals surface area contributed by atoms with Crippen LogP contribution in [0.1, 0.15) is 31.7 Å². The van der Waals surface area contributed by atoms with Crippen molar-refractivity contribution in [3.8, 4) is 0 Å². The molecular formula is C21H29N5O4. The summed E-state index contributed by atoms with van der Waals surface area (Å²) in [5.74, 6) is -0.820. The molecule has 2 aliphatic heterocycles. The van der Waals surface area contributed by atoms with E-state index in [1.54, 1.807) is 9.80 Å². The van der Waals surface area contributed by atoms with Crippen LogP contribution in [-0.4, -0.2) is 72.7 Å². The van der Waals surface area contributed by atoms with E-state index in [-0.39, 0.29) is 37.1 Å². The van der Waals surface area contributed by atoms with E-state index < -0.39 is 5.91 Å². The van der Waals surface area contributed by atoms with Gasteiger partial charge in [-0.05, 0) is 24.5 Å². The molecule has 1 aromatic rings. The number of carbonyl (C=O) groups excluding carboxylic acids is 4. The minimum atomic E-state index is -0.405. The van der Waals surface area contributed by atoms with Crippen molar-refractivity contribution in [1.82, 2.24) is 20.7 Å². The lowest BCUT2D eigenvalue weighted by Crippen LogP contribution is -2.50. The SMILES string of the molecule is CC(=O)N1CCN(C(=O)CCC(=O)NNC(=O)CN2CCCc3ccccc32)CC1. The average molecular weight is 415 g/mol. The van der Waals surface area contributed by atoms with Crippen LogP contribution in [0.25, 0.3) is 0 Å². The zero-order valence-corrected chi connectivity index (χ0v) is 17.4. The maximum Gasteiger partial charge on any atom is 0.257 e. The van der Waals surface area contributed by atoms with Crippen LogP contribution in [0.4, 0.5) is 5.69 Å². The number of hydrazine groups is 1. The van der Waals surface area contributed by atoms with Crippen LogP contribution >= 0.6 is 0 Å². The quantitative estimate of drug-likeness (QED) is 0.662. The molecular weight excluding hydrogens is 386 g/mol. The van der Waals surface area contributed by atoms with E-state index in [0.717, 1.165) is 25.1 Å². The first kappa shape index (κ1) is 21.6. The number of benzene rings is 1. The fourth-order valence-corrected chi connectivity index (χ4v) is 3.84. The number of nitrogens with zero attached hydrogens (tertiary/aromatic N) is 3. The predicted octanol–water partition coefficient (Wildman–Crippen LogP) is 0.0575. The summed E-state index contributed by atoms with van der Waals surface area (Å²) in [6.07, 6.45) is 2.06. The Hall–Kier alpha value is -3.10. The number of amides is 4. The number of nitrogens with one attached hydrogen (secondary N) is 2. The number of rotatable bonds is 5. The van der Waals surface area contributed by atoms with E-state index in [1.165, 1.54) is 12.5 Å². The maximum absolute atomic E-state index is 12.2. The third-order valence-electron chi connectivity index (χ3n) is 5.53. The van der Waals surface area contributed by atoms with Crippen molar-refractivity contribution in [3.63, 3.8) is 0 Å². The molecule has 1 saturated heterocycles. The minimum absolute atomic E-state index is 0.00141.